The molecule has 0 amide bonds. The molecule has 4 heteroatoms. The zero-order valence-corrected chi connectivity index (χ0v) is 9.62. The van der Waals surface area contributed by atoms with Gasteiger partial charge in [0.1, 0.15) is 5.82 Å². The molecule has 0 atom stereocenters. The van der Waals surface area contributed by atoms with Crippen molar-refractivity contribution in [3.8, 4) is 0 Å². The van der Waals surface area contributed by atoms with Gasteiger partial charge in [0.05, 0.1) is 5.69 Å². The fourth-order valence-corrected chi connectivity index (χ4v) is 1.58. The lowest BCUT2D eigenvalue weighted by atomic mass is 10.3. The lowest BCUT2D eigenvalue weighted by Gasteiger charge is -2.03. The lowest BCUT2D eigenvalue weighted by molar-refractivity contribution is 0.667. The van der Waals surface area contributed by atoms with Crippen LogP contribution in [0.4, 0.5) is 0 Å². The molecule has 2 N–H and O–H groups in total. The number of nitrogens with zero attached hydrogens (tertiary/aromatic N) is 2. The molecular formula is C12H16N4. The topological polar surface area (TPSA) is 53.6 Å². The summed E-state index contributed by atoms with van der Waals surface area (Å²) in [7, 11) is 0. The lowest BCUT2D eigenvalue weighted by Crippen LogP contribution is -2.14. The number of aromatic nitrogens is 3. The fourth-order valence-electron chi connectivity index (χ4n) is 1.58. The predicted molar refractivity (Wildman–Crippen MR) is 62.8 cm³/mol. The normalized spacial score (nSPS) is 10.6. The maximum Gasteiger partial charge on any atom is 0.103 e. The number of rotatable bonds is 4. The van der Waals surface area contributed by atoms with Crippen molar-refractivity contribution in [3.63, 3.8) is 0 Å². The average Bonchev–Trinajstić information content (AvgIpc) is 2.64. The molecule has 2 rings (SSSR count). The van der Waals surface area contributed by atoms with Crippen molar-refractivity contribution >= 4 is 0 Å². The third-order valence-electron chi connectivity index (χ3n) is 2.32. The first-order valence-corrected chi connectivity index (χ1v) is 5.38. The van der Waals surface area contributed by atoms with Gasteiger partial charge in [-0.3, -0.25) is 4.98 Å². The maximum absolute atomic E-state index is 4.42. The zero-order valence-electron chi connectivity index (χ0n) is 9.62. The number of H-pyrrole nitrogens is 1. The minimum atomic E-state index is 0.778. The van der Waals surface area contributed by atoms with Gasteiger partial charge in [-0.15, -0.1) is 0 Å². The number of pyridine rings is 1. The minimum Gasteiger partial charge on any atom is -0.345 e. The highest BCUT2D eigenvalue weighted by Gasteiger charge is 1.97. The first kappa shape index (κ1) is 10.8. The molecule has 0 aliphatic heterocycles. The Morgan fingerprint density at radius 1 is 1.25 bits per heavy atom. The molecule has 84 valence electrons. The van der Waals surface area contributed by atoms with Crippen molar-refractivity contribution in [2.75, 3.05) is 0 Å². The van der Waals surface area contributed by atoms with Gasteiger partial charge < -0.3 is 10.3 Å². The van der Waals surface area contributed by atoms with Crippen LogP contribution in [-0.4, -0.2) is 15.0 Å². The highest BCUT2D eigenvalue weighted by Crippen LogP contribution is 1.99. The number of aromatic amines is 1. The summed E-state index contributed by atoms with van der Waals surface area (Å²) < 4.78 is 0. The van der Waals surface area contributed by atoms with E-state index in [2.05, 4.69) is 20.3 Å². The fraction of sp³-hybridized carbons (Fsp3) is 0.333. The zero-order chi connectivity index (χ0) is 11.4. The maximum atomic E-state index is 4.42. The summed E-state index contributed by atoms with van der Waals surface area (Å²) in [6, 6.07) is 6.06. The van der Waals surface area contributed by atoms with E-state index in [1.54, 1.807) is 0 Å². The molecule has 0 spiro atoms. The van der Waals surface area contributed by atoms with Crippen LogP contribution in [0, 0.1) is 13.8 Å². The number of nitrogens with one attached hydrogen (secondary N) is 2. The molecule has 2 heterocycles. The van der Waals surface area contributed by atoms with Crippen LogP contribution in [0.5, 0.6) is 0 Å². The van der Waals surface area contributed by atoms with Crippen molar-refractivity contribution in [2.45, 2.75) is 26.9 Å². The Morgan fingerprint density at radius 2 is 2.12 bits per heavy atom. The van der Waals surface area contributed by atoms with Crippen LogP contribution in [0.1, 0.15) is 22.9 Å². The van der Waals surface area contributed by atoms with E-state index in [1.807, 2.05) is 38.2 Å². The van der Waals surface area contributed by atoms with Crippen molar-refractivity contribution in [2.24, 2.45) is 0 Å². The van der Waals surface area contributed by atoms with E-state index in [1.165, 1.54) is 0 Å². The average molecular weight is 216 g/mol. The van der Waals surface area contributed by atoms with Gasteiger partial charge in [0.2, 0.25) is 0 Å². The number of aryl methyl sites for hydroxylation is 2. The molecule has 0 aliphatic rings. The largest absolute Gasteiger partial charge is 0.345 e. The molecule has 16 heavy (non-hydrogen) atoms. The van der Waals surface area contributed by atoms with Gasteiger partial charge in [-0.25, -0.2) is 4.98 Å². The monoisotopic (exact) mass is 216 g/mol. The van der Waals surface area contributed by atoms with E-state index in [-0.39, 0.29) is 0 Å². The highest BCUT2D eigenvalue weighted by molar-refractivity contribution is 5.09. The van der Waals surface area contributed by atoms with Gasteiger partial charge in [0, 0.05) is 30.7 Å². The molecule has 0 bridgehead atoms. The van der Waals surface area contributed by atoms with Crippen LogP contribution in [0.2, 0.25) is 0 Å². The van der Waals surface area contributed by atoms with Crippen LogP contribution < -0.4 is 5.32 Å². The van der Waals surface area contributed by atoms with Crippen LogP contribution in [-0.2, 0) is 13.1 Å². The van der Waals surface area contributed by atoms with E-state index >= 15 is 0 Å². The van der Waals surface area contributed by atoms with Gasteiger partial charge >= 0.3 is 0 Å². The first-order valence-electron chi connectivity index (χ1n) is 5.38. The molecule has 0 unspecified atom stereocenters. The molecular weight excluding hydrogens is 200 g/mol. The summed E-state index contributed by atoms with van der Waals surface area (Å²) in [4.78, 5) is 11.7. The molecule has 0 saturated heterocycles. The second-order valence-corrected chi connectivity index (χ2v) is 3.87. The minimum absolute atomic E-state index is 0.778. The Bertz CT molecular complexity index is 462. The second-order valence-electron chi connectivity index (χ2n) is 3.87. The van der Waals surface area contributed by atoms with E-state index in [0.717, 1.165) is 36.0 Å². The van der Waals surface area contributed by atoms with E-state index in [0.29, 0.717) is 0 Å². The van der Waals surface area contributed by atoms with Crippen molar-refractivity contribution in [1.29, 1.82) is 0 Å². The Morgan fingerprint density at radius 3 is 2.81 bits per heavy atom. The molecule has 2 aromatic heterocycles. The molecule has 4 nitrogen and oxygen atoms in total. The van der Waals surface area contributed by atoms with Gasteiger partial charge in [-0.2, -0.15) is 0 Å². The molecule has 0 aromatic carbocycles. The molecule has 0 fully saturated rings. The standard InChI is InChI=1S/C12H16N4/c1-9-4-3-5-11(15-9)6-13-7-12-8-14-10(2)16-12/h3-5,8,13H,6-7H2,1-2H3,(H,14,16). The quantitative estimate of drug-likeness (QED) is 0.818. The van der Waals surface area contributed by atoms with Gasteiger partial charge in [0.25, 0.3) is 0 Å². The van der Waals surface area contributed by atoms with Crippen molar-refractivity contribution in [3.05, 3.63) is 47.3 Å². The van der Waals surface area contributed by atoms with Crippen LogP contribution in [0.15, 0.2) is 24.4 Å². The van der Waals surface area contributed by atoms with Crippen LogP contribution in [0.25, 0.3) is 0 Å². The van der Waals surface area contributed by atoms with Gasteiger partial charge in [-0.1, -0.05) is 6.07 Å². The number of hydrogen-bond donors (Lipinski definition) is 2. The predicted octanol–water partition coefficient (Wildman–Crippen LogP) is 1.71. The third kappa shape index (κ3) is 2.90. The summed E-state index contributed by atoms with van der Waals surface area (Å²) in [5, 5.41) is 3.32. The molecule has 0 saturated carbocycles. The van der Waals surface area contributed by atoms with E-state index in [9.17, 15) is 0 Å². The van der Waals surface area contributed by atoms with Crippen molar-refractivity contribution < 1.29 is 0 Å². The molecule has 0 radical (unpaired) electrons. The summed E-state index contributed by atoms with van der Waals surface area (Å²) in [6.07, 6.45) is 1.85. The first-order chi connectivity index (χ1) is 7.74. The SMILES string of the molecule is Cc1cccc(CNCc2cnc(C)[nH]2)n1. The van der Waals surface area contributed by atoms with E-state index in [4.69, 9.17) is 0 Å². The Hall–Kier alpha value is -1.68. The smallest absolute Gasteiger partial charge is 0.103 e. The second kappa shape index (κ2) is 4.90. The summed E-state index contributed by atoms with van der Waals surface area (Å²) in [6.45, 7) is 5.52. The summed E-state index contributed by atoms with van der Waals surface area (Å²) in [5.41, 5.74) is 3.22. The van der Waals surface area contributed by atoms with Gasteiger partial charge in [0.15, 0.2) is 0 Å². The Labute approximate surface area is 95.1 Å². The Balaban J connectivity index is 1.84. The molecule has 0 aliphatic carbocycles. The van der Waals surface area contributed by atoms with Crippen molar-refractivity contribution in [1.82, 2.24) is 20.3 Å². The Kier molecular flexibility index (Phi) is 3.31. The number of hydrogen-bond acceptors (Lipinski definition) is 3. The molecule has 2 aromatic rings. The van der Waals surface area contributed by atoms with Crippen LogP contribution in [0.3, 0.4) is 0 Å². The van der Waals surface area contributed by atoms with Gasteiger partial charge in [-0.05, 0) is 26.0 Å². The third-order valence-corrected chi connectivity index (χ3v) is 2.32. The summed E-state index contributed by atoms with van der Waals surface area (Å²) >= 11 is 0. The highest BCUT2D eigenvalue weighted by atomic mass is 15.0. The van der Waals surface area contributed by atoms with Crippen LogP contribution >= 0.6 is 0 Å². The number of imidazole rings is 1. The van der Waals surface area contributed by atoms with E-state index < -0.39 is 0 Å². The summed E-state index contributed by atoms with van der Waals surface area (Å²) in [5.74, 6) is 0.950.